The Hall–Kier alpha value is -2.05. The lowest BCUT2D eigenvalue weighted by Crippen LogP contribution is -2.52. The maximum absolute atomic E-state index is 13.6. The highest BCUT2D eigenvalue weighted by Gasteiger charge is 2.52. The number of rotatable bonds is 3. The predicted octanol–water partition coefficient (Wildman–Crippen LogP) is 2.64. The maximum Gasteiger partial charge on any atom is 0.256 e. The smallest absolute Gasteiger partial charge is 0.256 e. The highest BCUT2D eigenvalue weighted by Crippen LogP contribution is 2.43. The van der Waals surface area contributed by atoms with Crippen LogP contribution in [0.1, 0.15) is 41.7 Å². The van der Waals surface area contributed by atoms with Crippen molar-refractivity contribution in [3.63, 3.8) is 0 Å². The van der Waals surface area contributed by atoms with E-state index in [1.54, 1.807) is 14.2 Å². The van der Waals surface area contributed by atoms with Crippen LogP contribution in [0.5, 0.6) is 5.75 Å². The minimum Gasteiger partial charge on any atom is -0.497 e. The van der Waals surface area contributed by atoms with E-state index in [9.17, 15) is 9.90 Å². The summed E-state index contributed by atoms with van der Waals surface area (Å²) < 4.78 is 13.3. The molecule has 27 heavy (non-hydrogen) atoms. The number of likely N-dealkylation sites (tertiary alicyclic amines) is 1. The number of carbonyl (C=O) groups excluding carboxylic acids is 1. The highest BCUT2D eigenvalue weighted by molar-refractivity contribution is 6.09. The summed E-state index contributed by atoms with van der Waals surface area (Å²) in [6, 6.07) is 5.76. The van der Waals surface area contributed by atoms with E-state index >= 15 is 0 Å². The number of aryl methyl sites for hydroxylation is 1. The normalized spacial score (nSPS) is 27.8. The number of benzene rings is 1. The van der Waals surface area contributed by atoms with Crippen molar-refractivity contribution in [1.82, 2.24) is 9.47 Å². The number of nitrogens with zero attached hydrogens (tertiary/aromatic N) is 2. The van der Waals surface area contributed by atoms with Crippen LogP contribution in [0, 0.1) is 6.92 Å². The minimum absolute atomic E-state index is 0.0179. The standard InChI is InChI=1S/C21H28N2O4/c1-13-19(16-12-15(26-3)5-6-17(16)22(13)2)20(25)23-10-9-21(27-4)8-7-14(24)11-18(21)23/h5-6,12,14,18,24H,7-11H2,1-4H3/t14?,18?,21-/m1/s1. The average Bonchev–Trinajstić information content (AvgIpc) is 3.17. The number of methoxy groups -OCH3 is 2. The van der Waals surface area contributed by atoms with E-state index in [2.05, 4.69) is 4.57 Å². The van der Waals surface area contributed by atoms with Crippen molar-refractivity contribution >= 4 is 16.8 Å². The number of hydrogen-bond donors (Lipinski definition) is 1. The van der Waals surface area contributed by atoms with E-state index < -0.39 is 0 Å². The summed E-state index contributed by atoms with van der Waals surface area (Å²) in [5.74, 6) is 0.757. The lowest BCUT2D eigenvalue weighted by Gasteiger charge is -2.42. The average molecular weight is 372 g/mol. The lowest BCUT2D eigenvalue weighted by atomic mass is 9.79. The van der Waals surface area contributed by atoms with E-state index in [0.717, 1.165) is 47.2 Å². The Morgan fingerprint density at radius 1 is 1.30 bits per heavy atom. The number of aliphatic hydroxyl groups excluding tert-OH is 1. The van der Waals surface area contributed by atoms with Crippen molar-refractivity contribution in [2.24, 2.45) is 7.05 Å². The van der Waals surface area contributed by atoms with Gasteiger partial charge in [0, 0.05) is 37.3 Å². The van der Waals surface area contributed by atoms with Gasteiger partial charge in [0.05, 0.1) is 30.4 Å². The third-order valence-corrected chi connectivity index (χ3v) is 6.74. The molecule has 4 rings (SSSR count). The number of amides is 1. The van der Waals surface area contributed by atoms with Crippen LogP contribution >= 0.6 is 0 Å². The molecule has 3 atom stereocenters. The Morgan fingerprint density at radius 3 is 2.78 bits per heavy atom. The van der Waals surface area contributed by atoms with Gasteiger partial charge in [-0.3, -0.25) is 4.79 Å². The van der Waals surface area contributed by atoms with Crippen LogP contribution in [-0.2, 0) is 11.8 Å². The molecule has 0 spiro atoms. The van der Waals surface area contributed by atoms with Gasteiger partial charge < -0.3 is 24.0 Å². The van der Waals surface area contributed by atoms with Gasteiger partial charge in [0.1, 0.15) is 5.75 Å². The monoisotopic (exact) mass is 372 g/mol. The van der Waals surface area contributed by atoms with Gasteiger partial charge in [-0.15, -0.1) is 0 Å². The van der Waals surface area contributed by atoms with Crippen molar-refractivity contribution in [1.29, 1.82) is 0 Å². The minimum atomic E-state index is -0.375. The summed E-state index contributed by atoms with van der Waals surface area (Å²) in [6.45, 7) is 2.64. The first-order chi connectivity index (χ1) is 12.9. The van der Waals surface area contributed by atoms with E-state index in [0.29, 0.717) is 13.0 Å². The Kier molecular flexibility index (Phi) is 4.43. The van der Waals surface area contributed by atoms with Gasteiger partial charge in [0.2, 0.25) is 0 Å². The van der Waals surface area contributed by atoms with Crippen LogP contribution < -0.4 is 4.74 Å². The number of carbonyl (C=O) groups is 1. The third kappa shape index (κ3) is 2.65. The van der Waals surface area contributed by atoms with Gasteiger partial charge >= 0.3 is 0 Å². The topological polar surface area (TPSA) is 63.9 Å². The molecule has 2 fully saturated rings. The van der Waals surface area contributed by atoms with Crippen molar-refractivity contribution in [2.75, 3.05) is 20.8 Å². The van der Waals surface area contributed by atoms with E-state index in [1.165, 1.54) is 0 Å². The van der Waals surface area contributed by atoms with E-state index in [-0.39, 0.29) is 23.7 Å². The molecule has 2 heterocycles. The van der Waals surface area contributed by atoms with Gasteiger partial charge in [-0.1, -0.05) is 0 Å². The first-order valence-corrected chi connectivity index (χ1v) is 9.59. The summed E-state index contributed by atoms with van der Waals surface area (Å²) in [4.78, 5) is 15.6. The molecule has 1 saturated carbocycles. The molecular weight excluding hydrogens is 344 g/mol. The van der Waals surface area contributed by atoms with Gasteiger partial charge in [-0.2, -0.15) is 0 Å². The molecule has 1 aromatic carbocycles. The summed E-state index contributed by atoms with van der Waals surface area (Å²) >= 11 is 0. The largest absolute Gasteiger partial charge is 0.497 e. The van der Waals surface area contributed by atoms with Gasteiger partial charge in [0.25, 0.3) is 5.91 Å². The molecule has 2 aromatic rings. The first-order valence-electron chi connectivity index (χ1n) is 9.59. The lowest BCUT2D eigenvalue weighted by molar-refractivity contribution is -0.0824. The second kappa shape index (κ2) is 6.53. The summed E-state index contributed by atoms with van der Waals surface area (Å²) in [5, 5.41) is 11.1. The van der Waals surface area contributed by atoms with Gasteiger partial charge in [-0.25, -0.2) is 0 Å². The Balaban J connectivity index is 1.78. The summed E-state index contributed by atoms with van der Waals surface area (Å²) in [6.07, 6.45) is 2.55. The number of fused-ring (bicyclic) bond motifs is 2. The van der Waals surface area contributed by atoms with Gasteiger partial charge in [-0.05, 0) is 50.8 Å². The number of aromatic nitrogens is 1. The van der Waals surface area contributed by atoms with Crippen LogP contribution in [0.4, 0.5) is 0 Å². The molecule has 2 aliphatic rings. The van der Waals surface area contributed by atoms with Crippen LogP contribution in [0.25, 0.3) is 10.9 Å². The van der Waals surface area contributed by atoms with Crippen molar-refractivity contribution in [2.45, 2.75) is 50.4 Å². The summed E-state index contributed by atoms with van der Waals surface area (Å²) in [7, 11) is 5.34. The predicted molar refractivity (Wildman–Crippen MR) is 103 cm³/mol. The van der Waals surface area contributed by atoms with E-state index in [1.807, 2.05) is 37.1 Å². The van der Waals surface area contributed by atoms with Gasteiger partial charge in [0.15, 0.2) is 0 Å². The Bertz CT molecular complexity index is 890. The van der Waals surface area contributed by atoms with Crippen LogP contribution in [0.15, 0.2) is 18.2 Å². The number of aliphatic hydroxyl groups is 1. The molecule has 1 aliphatic heterocycles. The Morgan fingerprint density at radius 2 is 2.07 bits per heavy atom. The number of hydrogen-bond acceptors (Lipinski definition) is 4. The second-order valence-electron chi connectivity index (χ2n) is 7.86. The maximum atomic E-state index is 13.6. The molecule has 0 radical (unpaired) electrons. The molecule has 0 bridgehead atoms. The number of ether oxygens (including phenoxy) is 2. The fourth-order valence-electron chi connectivity index (χ4n) is 5.01. The SMILES string of the molecule is COc1ccc2c(c1)c(C(=O)N1CC[C@]3(OC)CCC(O)CC13)c(C)n2C. The van der Waals surface area contributed by atoms with Crippen LogP contribution in [0.2, 0.25) is 0 Å². The fourth-order valence-corrected chi connectivity index (χ4v) is 5.01. The molecule has 1 amide bonds. The molecule has 146 valence electrons. The zero-order valence-corrected chi connectivity index (χ0v) is 16.5. The molecule has 6 heteroatoms. The van der Waals surface area contributed by atoms with Crippen LogP contribution in [-0.4, -0.2) is 59.0 Å². The molecule has 1 aliphatic carbocycles. The molecule has 1 N–H and O–H groups in total. The van der Waals surface area contributed by atoms with Crippen LogP contribution in [0.3, 0.4) is 0 Å². The zero-order valence-electron chi connectivity index (χ0n) is 16.5. The molecule has 6 nitrogen and oxygen atoms in total. The summed E-state index contributed by atoms with van der Waals surface area (Å²) in [5.41, 5.74) is 2.34. The van der Waals surface area contributed by atoms with Crippen molar-refractivity contribution in [3.05, 3.63) is 29.5 Å². The zero-order chi connectivity index (χ0) is 19.3. The highest BCUT2D eigenvalue weighted by atomic mass is 16.5. The quantitative estimate of drug-likeness (QED) is 0.900. The molecular formula is C21H28N2O4. The molecule has 1 aromatic heterocycles. The molecule has 2 unspecified atom stereocenters. The molecule has 1 saturated heterocycles. The van der Waals surface area contributed by atoms with Crippen molar-refractivity contribution < 1.29 is 19.4 Å². The first kappa shape index (κ1) is 18.3. The third-order valence-electron chi connectivity index (χ3n) is 6.74. The second-order valence-corrected chi connectivity index (χ2v) is 7.86. The Labute approximate surface area is 159 Å². The van der Waals surface area contributed by atoms with Crippen molar-refractivity contribution in [3.8, 4) is 5.75 Å². The van der Waals surface area contributed by atoms with E-state index in [4.69, 9.17) is 9.47 Å². The fraction of sp³-hybridized carbons (Fsp3) is 0.571.